The standard InChI is InChI=1S/C15H19NO2/c1-12-6-5-7-13(10-12)11-16(15(17)18)14-8-3-2-4-9-14/h5-8,10H,2-4,9,11H2,1H3,(H,17,18). The monoisotopic (exact) mass is 245 g/mol. The minimum atomic E-state index is -0.857. The lowest BCUT2D eigenvalue weighted by Crippen LogP contribution is -2.29. The van der Waals surface area contributed by atoms with Crippen LogP contribution in [0.15, 0.2) is 36.0 Å². The molecule has 0 spiro atoms. The van der Waals surface area contributed by atoms with Crippen LogP contribution in [0.3, 0.4) is 0 Å². The van der Waals surface area contributed by atoms with E-state index in [4.69, 9.17) is 0 Å². The van der Waals surface area contributed by atoms with Crippen LogP contribution in [-0.4, -0.2) is 16.1 Å². The van der Waals surface area contributed by atoms with Gasteiger partial charge in [0.1, 0.15) is 0 Å². The first kappa shape index (κ1) is 12.7. The van der Waals surface area contributed by atoms with Crippen LogP contribution in [0.1, 0.15) is 36.8 Å². The molecular formula is C15H19NO2. The van der Waals surface area contributed by atoms with Gasteiger partial charge in [0.25, 0.3) is 0 Å². The Morgan fingerprint density at radius 3 is 2.83 bits per heavy atom. The molecule has 0 heterocycles. The Kier molecular flexibility index (Phi) is 4.03. The molecule has 2 rings (SSSR count). The van der Waals surface area contributed by atoms with Gasteiger partial charge in [-0.1, -0.05) is 35.9 Å². The SMILES string of the molecule is Cc1cccc(CN(C(=O)O)C2=CCCCC2)c1. The van der Waals surface area contributed by atoms with Crippen molar-refractivity contribution in [2.24, 2.45) is 0 Å². The molecule has 0 aromatic heterocycles. The molecule has 3 nitrogen and oxygen atoms in total. The van der Waals surface area contributed by atoms with Crippen molar-refractivity contribution in [1.29, 1.82) is 0 Å². The van der Waals surface area contributed by atoms with Crippen molar-refractivity contribution in [3.63, 3.8) is 0 Å². The molecule has 3 heteroatoms. The van der Waals surface area contributed by atoms with Crippen molar-refractivity contribution >= 4 is 6.09 Å². The maximum atomic E-state index is 11.4. The highest BCUT2D eigenvalue weighted by Crippen LogP contribution is 2.23. The molecule has 1 aromatic carbocycles. The first-order chi connectivity index (χ1) is 8.66. The summed E-state index contributed by atoms with van der Waals surface area (Å²) in [4.78, 5) is 12.9. The summed E-state index contributed by atoms with van der Waals surface area (Å²) in [6.07, 6.45) is 5.33. The van der Waals surface area contributed by atoms with Gasteiger partial charge in [0, 0.05) is 5.70 Å². The van der Waals surface area contributed by atoms with Crippen molar-refractivity contribution in [2.45, 2.75) is 39.2 Å². The predicted molar refractivity (Wildman–Crippen MR) is 71.3 cm³/mol. The number of hydrogen-bond donors (Lipinski definition) is 1. The minimum absolute atomic E-state index is 0.447. The van der Waals surface area contributed by atoms with E-state index in [0.717, 1.165) is 36.1 Å². The van der Waals surface area contributed by atoms with Crippen molar-refractivity contribution in [3.8, 4) is 0 Å². The van der Waals surface area contributed by atoms with E-state index in [1.54, 1.807) is 0 Å². The molecule has 1 aliphatic carbocycles. The Morgan fingerprint density at radius 2 is 2.22 bits per heavy atom. The number of rotatable bonds is 3. The summed E-state index contributed by atoms with van der Waals surface area (Å²) in [6, 6.07) is 8.01. The van der Waals surface area contributed by atoms with Crippen LogP contribution in [0, 0.1) is 6.92 Å². The third-order valence-electron chi connectivity index (χ3n) is 3.27. The number of allylic oxidation sites excluding steroid dienone is 2. The molecular weight excluding hydrogens is 226 g/mol. The highest BCUT2D eigenvalue weighted by atomic mass is 16.4. The second kappa shape index (κ2) is 5.71. The summed E-state index contributed by atoms with van der Waals surface area (Å²) in [5, 5.41) is 9.34. The van der Waals surface area contributed by atoms with E-state index in [-0.39, 0.29) is 0 Å². The summed E-state index contributed by atoms with van der Waals surface area (Å²) in [5.74, 6) is 0. The Balaban J connectivity index is 2.16. The van der Waals surface area contributed by atoms with Gasteiger partial charge in [0.15, 0.2) is 0 Å². The van der Waals surface area contributed by atoms with Gasteiger partial charge in [-0.25, -0.2) is 4.79 Å². The van der Waals surface area contributed by atoms with Gasteiger partial charge < -0.3 is 5.11 Å². The number of amides is 1. The van der Waals surface area contributed by atoms with Gasteiger partial charge >= 0.3 is 6.09 Å². The van der Waals surface area contributed by atoms with Crippen molar-refractivity contribution in [1.82, 2.24) is 4.90 Å². The zero-order chi connectivity index (χ0) is 13.0. The van der Waals surface area contributed by atoms with E-state index in [0.29, 0.717) is 6.54 Å². The molecule has 0 unspecified atom stereocenters. The zero-order valence-corrected chi connectivity index (χ0v) is 10.7. The summed E-state index contributed by atoms with van der Waals surface area (Å²) in [6.45, 7) is 2.47. The van der Waals surface area contributed by atoms with E-state index >= 15 is 0 Å². The topological polar surface area (TPSA) is 40.5 Å². The molecule has 0 atom stereocenters. The largest absolute Gasteiger partial charge is 0.465 e. The van der Waals surface area contributed by atoms with Gasteiger partial charge in [0.05, 0.1) is 6.54 Å². The van der Waals surface area contributed by atoms with Crippen LogP contribution in [0.4, 0.5) is 4.79 Å². The first-order valence-electron chi connectivity index (χ1n) is 6.42. The molecule has 0 fully saturated rings. The average molecular weight is 245 g/mol. The Bertz CT molecular complexity index is 465. The maximum absolute atomic E-state index is 11.4. The Hall–Kier alpha value is -1.77. The summed E-state index contributed by atoms with van der Waals surface area (Å²) >= 11 is 0. The molecule has 0 radical (unpaired) electrons. The first-order valence-corrected chi connectivity index (χ1v) is 6.42. The van der Waals surface area contributed by atoms with Gasteiger partial charge in [-0.3, -0.25) is 4.90 Å². The fraction of sp³-hybridized carbons (Fsp3) is 0.400. The average Bonchev–Trinajstić information content (AvgIpc) is 2.37. The van der Waals surface area contributed by atoms with Crippen LogP contribution in [0.25, 0.3) is 0 Å². The number of hydrogen-bond acceptors (Lipinski definition) is 1. The lowest BCUT2D eigenvalue weighted by molar-refractivity contribution is 0.154. The van der Waals surface area contributed by atoms with Gasteiger partial charge in [0.2, 0.25) is 0 Å². The summed E-state index contributed by atoms with van der Waals surface area (Å²) in [7, 11) is 0. The summed E-state index contributed by atoms with van der Waals surface area (Å²) in [5.41, 5.74) is 3.16. The van der Waals surface area contributed by atoms with Crippen LogP contribution < -0.4 is 0 Å². The highest BCUT2D eigenvalue weighted by Gasteiger charge is 2.18. The number of aryl methyl sites for hydroxylation is 1. The quantitative estimate of drug-likeness (QED) is 0.876. The van der Waals surface area contributed by atoms with Gasteiger partial charge in [-0.05, 0) is 38.2 Å². The fourth-order valence-corrected chi connectivity index (χ4v) is 2.35. The molecule has 96 valence electrons. The second-order valence-electron chi connectivity index (χ2n) is 4.80. The molecule has 0 aliphatic heterocycles. The third-order valence-corrected chi connectivity index (χ3v) is 3.27. The number of nitrogens with zero attached hydrogens (tertiary/aromatic N) is 1. The normalized spacial score (nSPS) is 15.1. The number of carboxylic acid groups (broad SMARTS) is 1. The Labute approximate surface area is 108 Å². The van der Waals surface area contributed by atoms with Crippen molar-refractivity contribution in [3.05, 3.63) is 47.2 Å². The zero-order valence-electron chi connectivity index (χ0n) is 10.7. The molecule has 18 heavy (non-hydrogen) atoms. The molecule has 0 saturated carbocycles. The minimum Gasteiger partial charge on any atom is -0.465 e. The van der Waals surface area contributed by atoms with Gasteiger partial charge in [-0.2, -0.15) is 0 Å². The van der Waals surface area contributed by atoms with Crippen molar-refractivity contribution in [2.75, 3.05) is 0 Å². The second-order valence-corrected chi connectivity index (χ2v) is 4.80. The van der Waals surface area contributed by atoms with Crippen LogP contribution in [0.5, 0.6) is 0 Å². The van der Waals surface area contributed by atoms with Gasteiger partial charge in [-0.15, -0.1) is 0 Å². The van der Waals surface area contributed by atoms with E-state index in [2.05, 4.69) is 6.08 Å². The van der Waals surface area contributed by atoms with E-state index in [9.17, 15) is 9.90 Å². The maximum Gasteiger partial charge on any atom is 0.411 e. The molecule has 0 bridgehead atoms. The Morgan fingerprint density at radius 1 is 1.39 bits per heavy atom. The fourth-order valence-electron chi connectivity index (χ4n) is 2.35. The molecule has 1 aliphatic rings. The molecule has 1 N–H and O–H groups in total. The number of benzene rings is 1. The lowest BCUT2D eigenvalue weighted by Gasteiger charge is -2.25. The van der Waals surface area contributed by atoms with E-state index in [1.807, 2.05) is 31.2 Å². The smallest absolute Gasteiger partial charge is 0.411 e. The van der Waals surface area contributed by atoms with Crippen LogP contribution in [-0.2, 0) is 6.54 Å². The van der Waals surface area contributed by atoms with Crippen LogP contribution in [0.2, 0.25) is 0 Å². The third kappa shape index (κ3) is 3.13. The highest BCUT2D eigenvalue weighted by molar-refractivity contribution is 5.67. The predicted octanol–water partition coefficient (Wildman–Crippen LogP) is 3.93. The van der Waals surface area contributed by atoms with Crippen LogP contribution >= 0.6 is 0 Å². The number of carbonyl (C=O) groups is 1. The molecule has 1 amide bonds. The molecule has 0 saturated heterocycles. The molecule has 1 aromatic rings. The van der Waals surface area contributed by atoms with Crippen molar-refractivity contribution < 1.29 is 9.90 Å². The van der Waals surface area contributed by atoms with E-state index < -0.39 is 6.09 Å². The summed E-state index contributed by atoms with van der Waals surface area (Å²) < 4.78 is 0. The lowest BCUT2D eigenvalue weighted by atomic mass is 10.0. The van der Waals surface area contributed by atoms with E-state index in [1.165, 1.54) is 11.3 Å².